The molecule has 0 aliphatic rings. The standard InChI is InChI=1S/C13H14O4/c1-2-16-12(14)9-6-10-17-13(15)11-7-4-3-5-8-11/h3-9H,2,10H2,1H3/b9-6+. The van der Waals surface area contributed by atoms with E-state index in [0.29, 0.717) is 12.2 Å². The van der Waals surface area contributed by atoms with Crippen LogP contribution in [0.3, 0.4) is 0 Å². The van der Waals surface area contributed by atoms with Crippen LogP contribution in [0.1, 0.15) is 17.3 Å². The number of carbonyl (C=O) groups is 2. The predicted molar refractivity (Wildman–Crippen MR) is 62.5 cm³/mol. The third-order valence-corrected chi connectivity index (χ3v) is 1.86. The molecule has 0 aromatic heterocycles. The van der Waals surface area contributed by atoms with Crippen molar-refractivity contribution in [2.45, 2.75) is 6.92 Å². The normalized spacial score (nSPS) is 10.2. The highest BCUT2D eigenvalue weighted by molar-refractivity contribution is 5.89. The average molecular weight is 234 g/mol. The zero-order chi connectivity index (χ0) is 12.5. The Morgan fingerprint density at radius 3 is 2.53 bits per heavy atom. The third-order valence-electron chi connectivity index (χ3n) is 1.86. The Labute approximate surface area is 99.8 Å². The summed E-state index contributed by atoms with van der Waals surface area (Å²) in [5, 5.41) is 0. The van der Waals surface area contributed by atoms with Gasteiger partial charge in [-0.3, -0.25) is 0 Å². The lowest BCUT2D eigenvalue weighted by molar-refractivity contribution is -0.137. The summed E-state index contributed by atoms with van der Waals surface area (Å²) in [6, 6.07) is 8.66. The SMILES string of the molecule is CCOC(=O)/C=C/COC(=O)c1ccccc1. The maximum absolute atomic E-state index is 11.4. The maximum Gasteiger partial charge on any atom is 0.338 e. The lowest BCUT2D eigenvalue weighted by atomic mass is 10.2. The Bertz CT molecular complexity index is 395. The van der Waals surface area contributed by atoms with Crippen molar-refractivity contribution in [2.24, 2.45) is 0 Å². The van der Waals surface area contributed by atoms with Crippen LogP contribution in [0.15, 0.2) is 42.5 Å². The van der Waals surface area contributed by atoms with Crippen LogP contribution in [0, 0.1) is 0 Å². The number of hydrogen-bond donors (Lipinski definition) is 0. The van der Waals surface area contributed by atoms with E-state index in [0.717, 1.165) is 0 Å². The van der Waals surface area contributed by atoms with E-state index in [1.807, 2.05) is 6.07 Å². The van der Waals surface area contributed by atoms with Gasteiger partial charge in [0.05, 0.1) is 12.2 Å². The van der Waals surface area contributed by atoms with Crippen molar-refractivity contribution in [3.8, 4) is 0 Å². The van der Waals surface area contributed by atoms with Gasteiger partial charge in [0, 0.05) is 6.08 Å². The summed E-state index contributed by atoms with van der Waals surface area (Å²) in [4.78, 5) is 22.4. The van der Waals surface area contributed by atoms with E-state index in [9.17, 15) is 9.59 Å². The minimum absolute atomic E-state index is 0.0482. The molecule has 0 N–H and O–H groups in total. The van der Waals surface area contributed by atoms with Gasteiger partial charge in [-0.15, -0.1) is 0 Å². The van der Waals surface area contributed by atoms with Gasteiger partial charge in [0.25, 0.3) is 0 Å². The first-order chi connectivity index (χ1) is 8.24. The van der Waals surface area contributed by atoms with E-state index in [2.05, 4.69) is 4.74 Å². The van der Waals surface area contributed by atoms with Crippen LogP contribution in [0.5, 0.6) is 0 Å². The van der Waals surface area contributed by atoms with Crippen LogP contribution in [-0.2, 0) is 14.3 Å². The molecule has 0 saturated heterocycles. The minimum Gasteiger partial charge on any atom is -0.463 e. The molecule has 0 amide bonds. The molecule has 4 heteroatoms. The van der Waals surface area contributed by atoms with E-state index in [1.165, 1.54) is 12.2 Å². The first-order valence-corrected chi connectivity index (χ1v) is 5.29. The molecule has 0 bridgehead atoms. The molecular formula is C13H14O4. The molecule has 0 radical (unpaired) electrons. The molecule has 1 aromatic rings. The molecule has 4 nitrogen and oxygen atoms in total. The van der Waals surface area contributed by atoms with Crippen LogP contribution in [-0.4, -0.2) is 25.2 Å². The third kappa shape index (κ3) is 4.97. The quantitative estimate of drug-likeness (QED) is 0.577. The molecule has 1 rings (SSSR count). The van der Waals surface area contributed by atoms with Gasteiger partial charge in [-0.25, -0.2) is 9.59 Å². The van der Waals surface area contributed by atoms with Crippen molar-refractivity contribution in [1.29, 1.82) is 0 Å². The highest BCUT2D eigenvalue weighted by Gasteiger charge is 2.03. The van der Waals surface area contributed by atoms with E-state index < -0.39 is 11.9 Å². The lowest BCUT2D eigenvalue weighted by Crippen LogP contribution is -2.05. The maximum atomic E-state index is 11.4. The fraction of sp³-hybridized carbons (Fsp3) is 0.231. The Hall–Kier alpha value is -2.10. The average Bonchev–Trinajstić information content (AvgIpc) is 2.36. The van der Waals surface area contributed by atoms with Gasteiger partial charge in [0.2, 0.25) is 0 Å². The smallest absolute Gasteiger partial charge is 0.338 e. The van der Waals surface area contributed by atoms with Gasteiger partial charge < -0.3 is 9.47 Å². The Morgan fingerprint density at radius 2 is 1.88 bits per heavy atom. The van der Waals surface area contributed by atoms with Crippen molar-refractivity contribution in [3.05, 3.63) is 48.0 Å². The van der Waals surface area contributed by atoms with Crippen molar-refractivity contribution in [3.63, 3.8) is 0 Å². The van der Waals surface area contributed by atoms with Crippen molar-refractivity contribution < 1.29 is 19.1 Å². The van der Waals surface area contributed by atoms with Crippen LogP contribution >= 0.6 is 0 Å². The van der Waals surface area contributed by atoms with E-state index >= 15 is 0 Å². The number of hydrogen-bond acceptors (Lipinski definition) is 4. The summed E-state index contributed by atoms with van der Waals surface area (Å²) in [5.74, 6) is -0.859. The van der Waals surface area contributed by atoms with Gasteiger partial charge in [-0.05, 0) is 25.1 Å². The second-order valence-electron chi connectivity index (χ2n) is 3.12. The van der Waals surface area contributed by atoms with Crippen LogP contribution < -0.4 is 0 Å². The molecule has 0 saturated carbocycles. The van der Waals surface area contributed by atoms with Gasteiger partial charge >= 0.3 is 11.9 Å². The van der Waals surface area contributed by atoms with E-state index in [4.69, 9.17) is 4.74 Å². The molecule has 1 aromatic carbocycles. The summed E-state index contributed by atoms with van der Waals surface area (Å²) in [6.45, 7) is 2.10. The molecule has 17 heavy (non-hydrogen) atoms. The topological polar surface area (TPSA) is 52.6 Å². The molecule has 0 fully saturated rings. The number of ether oxygens (including phenoxy) is 2. The molecule has 0 aliphatic heterocycles. The monoisotopic (exact) mass is 234 g/mol. The first-order valence-electron chi connectivity index (χ1n) is 5.29. The van der Waals surface area contributed by atoms with Crippen molar-refractivity contribution >= 4 is 11.9 Å². The number of benzene rings is 1. The number of carbonyl (C=O) groups excluding carboxylic acids is 2. The van der Waals surface area contributed by atoms with Gasteiger partial charge in [-0.1, -0.05) is 18.2 Å². The predicted octanol–water partition coefficient (Wildman–Crippen LogP) is 1.96. The highest BCUT2D eigenvalue weighted by Crippen LogP contribution is 2.00. The largest absolute Gasteiger partial charge is 0.463 e. The Morgan fingerprint density at radius 1 is 1.18 bits per heavy atom. The summed E-state index contributed by atoms with van der Waals surface area (Å²) in [6.07, 6.45) is 2.68. The second-order valence-corrected chi connectivity index (χ2v) is 3.12. The second kappa shape index (κ2) is 7.22. The van der Waals surface area contributed by atoms with Crippen molar-refractivity contribution in [2.75, 3.05) is 13.2 Å². The summed E-state index contributed by atoms with van der Waals surface area (Å²) < 4.78 is 9.59. The Balaban J connectivity index is 2.32. The van der Waals surface area contributed by atoms with Crippen molar-refractivity contribution in [1.82, 2.24) is 0 Å². The zero-order valence-corrected chi connectivity index (χ0v) is 9.59. The molecule has 90 valence electrons. The van der Waals surface area contributed by atoms with Crippen LogP contribution in [0.2, 0.25) is 0 Å². The first kappa shape index (κ1) is 13.0. The van der Waals surface area contributed by atoms with Crippen LogP contribution in [0.4, 0.5) is 0 Å². The lowest BCUT2D eigenvalue weighted by Gasteiger charge is -2.01. The fourth-order valence-corrected chi connectivity index (χ4v) is 1.12. The van der Waals surface area contributed by atoms with Gasteiger partial charge in [0.15, 0.2) is 0 Å². The summed E-state index contributed by atoms with van der Waals surface area (Å²) in [5.41, 5.74) is 0.483. The molecule has 0 atom stereocenters. The molecule has 0 aliphatic carbocycles. The van der Waals surface area contributed by atoms with Gasteiger partial charge in [-0.2, -0.15) is 0 Å². The summed E-state index contributed by atoms with van der Waals surface area (Å²) >= 11 is 0. The van der Waals surface area contributed by atoms with E-state index in [-0.39, 0.29) is 6.61 Å². The fourth-order valence-electron chi connectivity index (χ4n) is 1.12. The molecule has 0 spiro atoms. The number of esters is 2. The van der Waals surface area contributed by atoms with Gasteiger partial charge in [0.1, 0.15) is 6.61 Å². The Kier molecular flexibility index (Phi) is 5.51. The van der Waals surface area contributed by atoms with E-state index in [1.54, 1.807) is 31.2 Å². The zero-order valence-electron chi connectivity index (χ0n) is 9.59. The highest BCUT2D eigenvalue weighted by atomic mass is 16.5. The summed E-state index contributed by atoms with van der Waals surface area (Å²) in [7, 11) is 0. The van der Waals surface area contributed by atoms with Crippen LogP contribution in [0.25, 0.3) is 0 Å². The molecular weight excluding hydrogens is 220 g/mol. The molecule has 0 unspecified atom stereocenters. The molecule has 0 heterocycles. The minimum atomic E-state index is -0.441. The number of rotatable bonds is 5.